The molecule has 1 heterocycles. The van der Waals surface area contributed by atoms with E-state index in [-0.39, 0.29) is 6.04 Å². The van der Waals surface area contributed by atoms with Gasteiger partial charge in [0.1, 0.15) is 5.75 Å². The third kappa shape index (κ3) is 2.67. The van der Waals surface area contributed by atoms with Gasteiger partial charge in [0.25, 0.3) is 0 Å². The van der Waals surface area contributed by atoms with Gasteiger partial charge in [0, 0.05) is 11.6 Å². The van der Waals surface area contributed by atoms with Gasteiger partial charge in [-0.1, -0.05) is 29.8 Å². The lowest BCUT2D eigenvalue weighted by Gasteiger charge is -2.28. The molecule has 2 aromatic rings. The van der Waals surface area contributed by atoms with E-state index in [0.29, 0.717) is 6.61 Å². The number of hydrogen-bond donors (Lipinski definition) is 1. The van der Waals surface area contributed by atoms with Gasteiger partial charge in [-0.3, -0.25) is 0 Å². The van der Waals surface area contributed by atoms with E-state index in [1.165, 1.54) is 16.7 Å². The Morgan fingerprint density at radius 2 is 2.00 bits per heavy atom. The molecule has 0 fully saturated rings. The van der Waals surface area contributed by atoms with Crippen LogP contribution in [-0.2, 0) is 6.42 Å². The second-order valence-corrected chi connectivity index (χ2v) is 5.42. The first-order valence-electron chi connectivity index (χ1n) is 7.02. The summed E-state index contributed by atoms with van der Waals surface area (Å²) in [5.41, 5.74) is 3.95. The van der Waals surface area contributed by atoms with Gasteiger partial charge in [-0.2, -0.15) is 0 Å². The molecule has 0 saturated carbocycles. The fraction of sp³-hybridized carbons (Fsp3) is 0.294. The van der Waals surface area contributed by atoms with E-state index >= 15 is 0 Å². The molecule has 2 nitrogen and oxygen atoms in total. The second-order valence-electron chi connectivity index (χ2n) is 4.98. The molecule has 20 heavy (non-hydrogen) atoms. The molecule has 0 amide bonds. The molecule has 0 aliphatic carbocycles. The molecule has 1 atom stereocenters. The first-order valence-corrected chi connectivity index (χ1v) is 7.40. The summed E-state index contributed by atoms with van der Waals surface area (Å²) in [5, 5.41) is 4.35. The van der Waals surface area contributed by atoms with E-state index in [1.807, 2.05) is 19.1 Å². The summed E-state index contributed by atoms with van der Waals surface area (Å²) in [6, 6.07) is 14.7. The van der Waals surface area contributed by atoms with Crippen molar-refractivity contribution in [3.8, 4) is 5.75 Å². The molecule has 0 aromatic heterocycles. The highest BCUT2D eigenvalue weighted by atomic mass is 35.5. The van der Waals surface area contributed by atoms with Gasteiger partial charge in [0.2, 0.25) is 0 Å². The molecule has 3 heteroatoms. The summed E-state index contributed by atoms with van der Waals surface area (Å²) in [6.45, 7) is 3.70. The van der Waals surface area contributed by atoms with Crippen LogP contribution in [0.3, 0.4) is 0 Å². The zero-order valence-electron chi connectivity index (χ0n) is 11.5. The largest absolute Gasteiger partial charge is 0.494 e. The second kappa shape index (κ2) is 5.86. The van der Waals surface area contributed by atoms with Gasteiger partial charge >= 0.3 is 0 Å². The van der Waals surface area contributed by atoms with Crippen LogP contribution in [0.4, 0.5) is 0 Å². The van der Waals surface area contributed by atoms with Crippen molar-refractivity contribution in [2.75, 3.05) is 13.2 Å². The minimum Gasteiger partial charge on any atom is -0.494 e. The van der Waals surface area contributed by atoms with Crippen LogP contribution in [0.5, 0.6) is 5.75 Å². The van der Waals surface area contributed by atoms with Crippen molar-refractivity contribution in [1.29, 1.82) is 0 Å². The number of fused-ring (bicyclic) bond motifs is 1. The van der Waals surface area contributed by atoms with Crippen LogP contribution in [0.15, 0.2) is 42.5 Å². The molecule has 1 unspecified atom stereocenters. The zero-order chi connectivity index (χ0) is 13.9. The Bertz CT molecular complexity index is 594. The maximum Gasteiger partial charge on any atom is 0.119 e. The molecule has 104 valence electrons. The van der Waals surface area contributed by atoms with Gasteiger partial charge < -0.3 is 10.1 Å². The normalized spacial score (nSPS) is 17.6. The maximum atomic E-state index is 5.97. The van der Waals surface area contributed by atoms with Crippen molar-refractivity contribution < 1.29 is 4.74 Å². The Hall–Kier alpha value is -1.51. The van der Waals surface area contributed by atoms with Crippen LogP contribution in [0, 0.1) is 0 Å². The van der Waals surface area contributed by atoms with Crippen LogP contribution in [0.25, 0.3) is 0 Å². The Balaban J connectivity index is 1.95. The summed E-state index contributed by atoms with van der Waals surface area (Å²) >= 11 is 5.97. The molecule has 0 radical (unpaired) electrons. The summed E-state index contributed by atoms with van der Waals surface area (Å²) in [6.07, 6.45) is 1.04. The van der Waals surface area contributed by atoms with Gasteiger partial charge in [0.05, 0.1) is 12.6 Å². The molecule has 0 spiro atoms. The summed E-state index contributed by atoms with van der Waals surface area (Å²) in [4.78, 5) is 0. The lowest BCUT2D eigenvalue weighted by atomic mass is 9.90. The van der Waals surface area contributed by atoms with E-state index in [9.17, 15) is 0 Å². The van der Waals surface area contributed by atoms with Crippen LogP contribution in [0.2, 0.25) is 5.02 Å². The van der Waals surface area contributed by atoms with Gasteiger partial charge in [-0.15, -0.1) is 0 Å². The summed E-state index contributed by atoms with van der Waals surface area (Å²) < 4.78 is 5.59. The smallest absolute Gasteiger partial charge is 0.119 e. The molecule has 1 aliphatic heterocycles. The lowest BCUT2D eigenvalue weighted by molar-refractivity contribution is 0.339. The minimum atomic E-state index is 0.242. The third-order valence-corrected chi connectivity index (χ3v) is 3.93. The van der Waals surface area contributed by atoms with Gasteiger partial charge in [-0.25, -0.2) is 0 Å². The standard InChI is InChI=1S/C17H18ClNO/c1-2-20-15-7-8-16-13(11-15)9-10-19-17(16)12-3-5-14(18)6-4-12/h3-8,11,17,19H,2,9-10H2,1H3. The van der Waals surface area contributed by atoms with Crippen molar-refractivity contribution in [2.45, 2.75) is 19.4 Å². The molecule has 1 N–H and O–H groups in total. The minimum absolute atomic E-state index is 0.242. The number of nitrogens with one attached hydrogen (secondary N) is 1. The maximum absolute atomic E-state index is 5.97. The number of hydrogen-bond acceptors (Lipinski definition) is 2. The van der Waals surface area contributed by atoms with Crippen molar-refractivity contribution >= 4 is 11.6 Å². The van der Waals surface area contributed by atoms with Crippen molar-refractivity contribution in [1.82, 2.24) is 5.32 Å². The molecule has 0 bridgehead atoms. The molecular formula is C17H18ClNO. The molecule has 3 rings (SSSR count). The fourth-order valence-electron chi connectivity index (χ4n) is 2.75. The number of halogens is 1. The third-order valence-electron chi connectivity index (χ3n) is 3.68. The predicted molar refractivity (Wildman–Crippen MR) is 82.6 cm³/mol. The SMILES string of the molecule is CCOc1ccc2c(c1)CCNC2c1ccc(Cl)cc1. The van der Waals surface area contributed by atoms with Crippen molar-refractivity contribution in [2.24, 2.45) is 0 Å². The quantitative estimate of drug-likeness (QED) is 0.922. The van der Waals surface area contributed by atoms with Gasteiger partial charge in [0.15, 0.2) is 0 Å². The van der Waals surface area contributed by atoms with Crippen molar-refractivity contribution in [3.05, 3.63) is 64.2 Å². The highest BCUT2D eigenvalue weighted by molar-refractivity contribution is 6.30. The van der Waals surface area contributed by atoms with E-state index in [1.54, 1.807) is 0 Å². The first-order chi connectivity index (χ1) is 9.78. The highest BCUT2D eigenvalue weighted by Gasteiger charge is 2.21. The lowest BCUT2D eigenvalue weighted by Crippen LogP contribution is -2.30. The number of benzene rings is 2. The fourth-order valence-corrected chi connectivity index (χ4v) is 2.88. The molecular weight excluding hydrogens is 270 g/mol. The molecule has 1 aliphatic rings. The van der Waals surface area contributed by atoms with Crippen molar-refractivity contribution in [3.63, 3.8) is 0 Å². The predicted octanol–water partition coefficient (Wildman–Crippen LogP) is 3.97. The number of rotatable bonds is 3. The van der Waals surface area contributed by atoms with Gasteiger partial charge in [-0.05, 0) is 54.3 Å². The average Bonchev–Trinajstić information content (AvgIpc) is 2.48. The zero-order valence-corrected chi connectivity index (χ0v) is 12.3. The van der Waals surface area contributed by atoms with E-state index in [0.717, 1.165) is 23.7 Å². The van der Waals surface area contributed by atoms with Crippen LogP contribution >= 0.6 is 11.6 Å². The highest BCUT2D eigenvalue weighted by Crippen LogP contribution is 2.31. The number of ether oxygens (including phenoxy) is 1. The first kappa shape index (κ1) is 13.5. The Morgan fingerprint density at radius 1 is 1.20 bits per heavy atom. The van der Waals surface area contributed by atoms with E-state index < -0.39 is 0 Å². The Kier molecular flexibility index (Phi) is 3.95. The van der Waals surface area contributed by atoms with Crippen LogP contribution in [-0.4, -0.2) is 13.2 Å². The topological polar surface area (TPSA) is 21.3 Å². The van der Waals surface area contributed by atoms with Crippen LogP contribution < -0.4 is 10.1 Å². The Labute approximate surface area is 124 Å². The van der Waals surface area contributed by atoms with E-state index in [2.05, 4.69) is 35.6 Å². The molecule has 0 saturated heterocycles. The Morgan fingerprint density at radius 3 is 2.75 bits per heavy atom. The monoisotopic (exact) mass is 287 g/mol. The van der Waals surface area contributed by atoms with E-state index in [4.69, 9.17) is 16.3 Å². The summed E-state index contributed by atoms with van der Waals surface area (Å²) in [5.74, 6) is 0.961. The average molecular weight is 288 g/mol. The molecule has 2 aromatic carbocycles. The van der Waals surface area contributed by atoms with Crippen LogP contribution in [0.1, 0.15) is 29.7 Å². The summed E-state index contributed by atoms with van der Waals surface area (Å²) in [7, 11) is 0.